The van der Waals surface area contributed by atoms with Crippen molar-refractivity contribution in [3.05, 3.63) is 24.3 Å². The molecule has 0 amide bonds. The highest BCUT2D eigenvalue weighted by Crippen LogP contribution is 2.25. The van der Waals surface area contributed by atoms with Crippen molar-refractivity contribution in [3.8, 4) is 5.75 Å². The summed E-state index contributed by atoms with van der Waals surface area (Å²) in [5, 5.41) is 6.96. The van der Waals surface area contributed by atoms with E-state index < -0.39 is 0 Å². The first-order chi connectivity index (χ1) is 9.90. The Morgan fingerprint density at radius 3 is 2.40 bits per heavy atom. The lowest BCUT2D eigenvalue weighted by Crippen LogP contribution is -2.31. The average Bonchev–Trinajstić information content (AvgIpc) is 3.01. The molecule has 0 radical (unpaired) electrons. The van der Waals surface area contributed by atoms with Crippen molar-refractivity contribution in [2.24, 2.45) is 5.92 Å². The molecule has 3 rings (SSSR count). The molecule has 2 aliphatic rings. The number of piperidine rings is 1. The Kier molecular flexibility index (Phi) is 4.80. The van der Waals surface area contributed by atoms with Gasteiger partial charge in [0.1, 0.15) is 5.75 Å². The summed E-state index contributed by atoms with van der Waals surface area (Å²) < 4.78 is 5.99. The molecule has 0 unspecified atom stereocenters. The third-order valence-electron chi connectivity index (χ3n) is 4.51. The Bertz CT molecular complexity index is 392. The van der Waals surface area contributed by atoms with Crippen molar-refractivity contribution in [1.82, 2.24) is 5.32 Å². The van der Waals surface area contributed by atoms with Crippen LogP contribution >= 0.6 is 0 Å². The van der Waals surface area contributed by atoms with Crippen LogP contribution in [0.25, 0.3) is 0 Å². The van der Waals surface area contributed by atoms with Gasteiger partial charge in [0, 0.05) is 12.2 Å². The minimum absolute atomic E-state index is 0.448. The van der Waals surface area contributed by atoms with Gasteiger partial charge in [-0.05, 0) is 81.8 Å². The second-order valence-corrected chi connectivity index (χ2v) is 6.12. The fourth-order valence-corrected chi connectivity index (χ4v) is 3.20. The van der Waals surface area contributed by atoms with E-state index >= 15 is 0 Å². The van der Waals surface area contributed by atoms with Crippen LogP contribution < -0.4 is 15.4 Å². The number of ether oxygens (including phenoxy) is 1. The number of rotatable bonds is 5. The smallest absolute Gasteiger partial charge is 0.119 e. The minimum Gasteiger partial charge on any atom is -0.490 e. The molecule has 3 heteroatoms. The van der Waals surface area contributed by atoms with Crippen LogP contribution in [0.3, 0.4) is 0 Å². The summed E-state index contributed by atoms with van der Waals surface area (Å²) in [6.45, 7) is 3.42. The molecule has 0 bridgehead atoms. The van der Waals surface area contributed by atoms with E-state index in [1.807, 2.05) is 0 Å². The van der Waals surface area contributed by atoms with Gasteiger partial charge in [0.15, 0.2) is 0 Å². The first-order valence-electron chi connectivity index (χ1n) is 8.11. The summed E-state index contributed by atoms with van der Waals surface area (Å²) in [7, 11) is 0. The zero-order valence-electron chi connectivity index (χ0n) is 12.2. The van der Waals surface area contributed by atoms with Crippen LogP contribution in [0.4, 0.5) is 5.69 Å². The van der Waals surface area contributed by atoms with Crippen LogP contribution in [-0.2, 0) is 0 Å². The van der Waals surface area contributed by atoms with Crippen molar-refractivity contribution in [1.29, 1.82) is 0 Å². The molecule has 1 saturated heterocycles. The van der Waals surface area contributed by atoms with Gasteiger partial charge in [-0.1, -0.05) is 0 Å². The Morgan fingerprint density at radius 2 is 1.70 bits per heavy atom. The molecule has 1 aromatic carbocycles. The standard InChI is InChI=1S/C17H26N2O/c1-2-4-16(3-1)20-17-7-5-15(6-8-17)19-13-14-9-11-18-12-10-14/h5-8,14,16,18-19H,1-4,9-13H2. The molecule has 0 atom stereocenters. The van der Waals surface area contributed by atoms with Gasteiger partial charge in [0.2, 0.25) is 0 Å². The SMILES string of the molecule is c1cc(OC2CCCC2)ccc1NCC1CCNCC1. The molecule has 2 fully saturated rings. The number of nitrogens with one attached hydrogen (secondary N) is 2. The summed E-state index contributed by atoms with van der Waals surface area (Å²) in [4.78, 5) is 0. The monoisotopic (exact) mass is 274 g/mol. The zero-order chi connectivity index (χ0) is 13.6. The van der Waals surface area contributed by atoms with Gasteiger partial charge in [-0.3, -0.25) is 0 Å². The summed E-state index contributed by atoms with van der Waals surface area (Å²) in [5.41, 5.74) is 1.21. The number of anilines is 1. The number of hydrogen-bond donors (Lipinski definition) is 2. The van der Waals surface area contributed by atoms with E-state index in [9.17, 15) is 0 Å². The van der Waals surface area contributed by atoms with E-state index in [2.05, 4.69) is 34.9 Å². The summed E-state index contributed by atoms with van der Waals surface area (Å²) in [5.74, 6) is 1.83. The number of hydrogen-bond acceptors (Lipinski definition) is 3. The quantitative estimate of drug-likeness (QED) is 0.863. The van der Waals surface area contributed by atoms with E-state index in [4.69, 9.17) is 4.74 Å². The van der Waals surface area contributed by atoms with Crippen molar-refractivity contribution in [2.75, 3.05) is 25.0 Å². The molecule has 3 nitrogen and oxygen atoms in total. The molecular formula is C17H26N2O. The lowest BCUT2D eigenvalue weighted by atomic mass is 9.98. The second kappa shape index (κ2) is 6.98. The van der Waals surface area contributed by atoms with Crippen LogP contribution in [0.5, 0.6) is 5.75 Å². The van der Waals surface area contributed by atoms with Crippen LogP contribution in [0.1, 0.15) is 38.5 Å². The van der Waals surface area contributed by atoms with Crippen LogP contribution in [0.15, 0.2) is 24.3 Å². The molecule has 1 saturated carbocycles. The highest BCUT2D eigenvalue weighted by Gasteiger charge is 2.16. The first kappa shape index (κ1) is 13.7. The second-order valence-electron chi connectivity index (χ2n) is 6.12. The molecule has 1 aliphatic carbocycles. The predicted octanol–water partition coefficient (Wildman–Crippen LogP) is 3.42. The highest BCUT2D eigenvalue weighted by molar-refractivity contribution is 5.46. The van der Waals surface area contributed by atoms with Crippen LogP contribution in [0, 0.1) is 5.92 Å². The average molecular weight is 274 g/mol. The van der Waals surface area contributed by atoms with E-state index in [-0.39, 0.29) is 0 Å². The lowest BCUT2D eigenvalue weighted by molar-refractivity contribution is 0.210. The molecule has 1 aliphatic heterocycles. The predicted molar refractivity (Wildman–Crippen MR) is 83.4 cm³/mol. The van der Waals surface area contributed by atoms with Gasteiger partial charge in [-0.15, -0.1) is 0 Å². The van der Waals surface area contributed by atoms with Crippen LogP contribution in [0.2, 0.25) is 0 Å². The Hall–Kier alpha value is -1.22. The van der Waals surface area contributed by atoms with Gasteiger partial charge in [0.05, 0.1) is 6.10 Å². The first-order valence-corrected chi connectivity index (χ1v) is 8.11. The fraction of sp³-hybridized carbons (Fsp3) is 0.647. The van der Waals surface area contributed by atoms with Crippen molar-refractivity contribution < 1.29 is 4.74 Å². The van der Waals surface area contributed by atoms with Gasteiger partial charge >= 0.3 is 0 Å². The fourth-order valence-electron chi connectivity index (χ4n) is 3.20. The number of benzene rings is 1. The van der Waals surface area contributed by atoms with E-state index in [1.165, 1.54) is 57.3 Å². The minimum atomic E-state index is 0.448. The molecule has 0 aromatic heterocycles. The molecule has 1 aromatic rings. The lowest BCUT2D eigenvalue weighted by Gasteiger charge is -2.23. The van der Waals surface area contributed by atoms with Gasteiger partial charge in [-0.2, -0.15) is 0 Å². The third kappa shape index (κ3) is 3.89. The van der Waals surface area contributed by atoms with Crippen molar-refractivity contribution >= 4 is 5.69 Å². The van der Waals surface area contributed by atoms with Gasteiger partial charge in [-0.25, -0.2) is 0 Å². The summed E-state index contributed by atoms with van der Waals surface area (Å²) >= 11 is 0. The molecule has 2 N–H and O–H groups in total. The topological polar surface area (TPSA) is 33.3 Å². The van der Waals surface area contributed by atoms with E-state index in [0.717, 1.165) is 18.2 Å². The molecule has 20 heavy (non-hydrogen) atoms. The summed E-state index contributed by atoms with van der Waals surface area (Å²) in [6.07, 6.45) is 8.10. The zero-order valence-corrected chi connectivity index (χ0v) is 12.2. The maximum absolute atomic E-state index is 5.99. The van der Waals surface area contributed by atoms with Crippen molar-refractivity contribution in [3.63, 3.8) is 0 Å². The normalized spacial score (nSPS) is 21.0. The Morgan fingerprint density at radius 1 is 1.00 bits per heavy atom. The molecule has 1 heterocycles. The van der Waals surface area contributed by atoms with Crippen molar-refractivity contribution in [2.45, 2.75) is 44.6 Å². The largest absolute Gasteiger partial charge is 0.490 e. The third-order valence-corrected chi connectivity index (χ3v) is 4.51. The maximum Gasteiger partial charge on any atom is 0.119 e. The van der Waals surface area contributed by atoms with Gasteiger partial charge in [0.25, 0.3) is 0 Å². The highest BCUT2D eigenvalue weighted by atomic mass is 16.5. The van der Waals surface area contributed by atoms with Crippen LogP contribution in [-0.4, -0.2) is 25.7 Å². The molecular weight excluding hydrogens is 248 g/mol. The Labute approximate surface area is 122 Å². The summed E-state index contributed by atoms with van der Waals surface area (Å²) in [6, 6.07) is 8.49. The molecule has 0 spiro atoms. The van der Waals surface area contributed by atoms with E-state index in [0.29, 0.717) is 6.10 Å². The van der Waals surface area contributed by atoms with Gasteiger partial charge < -0.3 is 15.4 Å². The van der Waals surface area contributed by atoms with E-state index in [1.54, 1.807) is 0 Å². The Balaban J connectivity index is 1.45. The maximum atomic E-state index is 5.99. The molecule has 110 valence electrons.